The molecular weight excluding hydrogens is 1930 g/mol. The minimum absolute atomic E-state index is 0. The number of hydrogen-bond donors (Lipinski definition) is 10. The number of thioether (sulfide) groups is 1. The molecule has 612 valence electrons. The minimum Gasteiger partial charge on any atom is -0.478 e. The Bertz CT molecular complexity index is 5010. The molecule has 0 saturated heterocycles. The molecule has 0 radical (unpaired) electrons. The van der Waals surface area contributed by atoms with Crippen molar-refractivity contribution < 1.29 is 84.0 Å². The quantitative estimate of drug-likeness (QED) is 0.00310. The van der Waals surface area contributed by atoms with Crippen molar-refractivity contribution in [3.8, 4) is 34.2 Å². The molecule has 1 aliphatic rings. The molecule has 0 spiro atoms. The lowest BCUT2D eigenvalue weighted by molar-refractivity contribution is -0.150. The van der Waals surface area contributed by atoms with E-state index in [1.165, 1.54) is 127 Å². The van der Waals surface area contributed by atoms with Gasteiger partial charge in [0.25, 0.3) is 0 Å². The van der Waals surface area contributed by atoms with Crippen LogP contribution in [0.2, 0.25) is 0 Å². The maximum absolute atomic E-state index is 13.1. The molecule has 0 unspecified atom stereocenters. The fourth-order valence-electron chi connectivity index (χ4n) is 7.56. The second-order valence-corrected chi connectivity index (χ2v) is 22.8. The molecule has 0 bridgehead atoms. The van der Waals surface area contributed by atoms with Crippen LogP contribution in [-0.4, -0.2) is 142 Å². The zero-order chi connectivity index (χ0) is 84.0. The van der Waals surface area contributed by atoms with Gasteiger partial charge in [-0.15, -0.1) is 59.7 Å². The number of hydrogen-bond acceptors (Lipinski definition) is 21. The fraction of sp³-hybridized carbons (Fsp3) is 0.0921. The molecule has 0 aliphatic carbocycles. The van der Waals surface area contributed by atoms with Crippen LogP contribution in [0, 0.1) is 46.1 Å². The van der Waals surface area contributed by atoms with E-state index in [9.17, 15) is 64.3 Å². The molecule has 40 heteroatoms. The van der Waals surface area contributed by atoms with E-state index in [1.807, 2.05) is 4.93 Å². The number of halogens is 11. The van der Waals surface area contributed by atoms with Crippen molar-refractivity contribution in [3.05, 3.63) is 293 Å². The number of allylic oxidation sites excluding steroid dienone is 1. The Kier molecular flexibility index (Phi) is 51.4. The van der Waals surface area contributed by atoms with Gasteiger partial charge in [-0.3, -0.25) is 35.3 Å². The summed E-state index contributed by atoms with van der Waals surface area (Å²) >= 11 is 13.2. The number of hydrazone groups is 1. The van der Waals surface area contributed by atoms with Gasteiger partial charge in [-0.1, -0.05) is 127 Å². The Morgan fingerprint density at radius 2 is 0.888 bits per heavy atom. The number of alkyl halides is 1. The normalized spacial score (nSPS) is 10.9. The highest BCUT2D eigenvalue weighted by Gasteiger charge is 2.12. The van der Waals surface area contributed by atoms with Crippen LogP contribution >= 0.6 is 106 Å². The van der Waals surface area contributed by atoms with E-state index < -0.39 is 46.7 Å². The van der Waals surface area contributed by atoms with Crippen LogP contribution in [0.1, 0.15) is 61.0 Å². The van der Waals surface area contributed by atoms with Crippen LogP contribution in [0.15, 0.2) is 222 Å². The van der Waals surface area contributed by atoms with Gasteiger partial charge in [0.15, 0.2) is 23.3 Å². The molecular formula is C76H73ClF7I3N16O11S2. The number of aliphatic imine (C=N–C) groups is 1. The van der Waals surface area contributed by atoms with E-state index in [0.717, 1.165) is 36.5 Å². The first kappa shape index (κ1) is 104. The maximum Gasteiger partial charge on any atom is 0.338 e. The summed E-state index contributed by atoms with van der Waals surface area (Å²) in [5, 5.41) is 46.6. The first-order valence-corrected chi connectivity index (χ1v) is 35.7. The molecule has 0 amide bonds. The third kappa shape index (κ3) is 43.4. The predicted molar refractivity (Wildman–Crippen MR) is 464 cm³/mol. The number of nitrogens with one attached hydrogen (secondary N) is 4. The number of ether oxygens (including phenoxy) is 2. The molecule has 0 saturated carbocycles. The highest BCUT2D eigenvalue weighted by Crippen LogP contribution is 2.19. The van der Waals surface area contributed by atoms with E-state index in [1.54, 1.807) is 99.0 Å². The molecule has 14 N–H and O–H groups in total. The Balaban J connectivity index is 0.00000131. The number of rotatable bonds is 18. The van der Waals surface area contributed by atoms with E-state index in [-0.39, 0.29) is 120 Å². The first-order chi connectivity index (χ1) is 53.8. The lowest BCUT2D eigenvalue weighted by Gasteiger charge is -2.03. The number of aromatic amines is 3. The molecule has 4 heterocycles. The summed E-state index contributed by atoms with van der Waals surface area (Å²) in [6, 6.07) is 40.9. The van der Waals surface area contributed by atoms with Gasteiger partial charge < -0.3 is 42.7 Å². The number of nitrogens with zero attached hydrogens (tertiary/aromatic N) is 8. The predicted octanol–water partition coefficient (Wildman–Crippen LogP) is 14.3. The van der Waals surface area contributed by atoms with Crippen molar-refractivity contribution >= 4 is 187 Å². The van der Waals surface area contributed by atoms with E-state index in [0.29, 0.717) is 78.9 Å². The summed E-state index contributed by atoms with van der Waals surface area (Å²) in [5.74, 6) is 0.220. The van der Waals surface area contributed by atoms with Crippen molar-refractivity contribution in [1.82, 2.24) is 45.5 Å². The maximum atomic E-state index is 13.1. The summed E-state index contributed by atoms with van der Waals surface area (Å²) in [5.41, 5.74) is 19.8. The highest BCUT2D eigenvalue weighted by molar-refractivity contribution is 14.1. The number of nitrogens with two attached hydrogens (primary N) is 4. The Labute approximate surface area is 721 Å². The van der Waals surface area contributed by atoms with E-state index in [4.69, 9.17) is 55.0 Å². The average Bonchev–Trinajstić information content (AvgIpc) is 1.72. The second-order valence-electron chi connectivity index (χ2n) is 21.2. The van der Waals surface area contributed by atoms with Crippen molar-refractivity contribution in [2.75, 3.05) is 17.7 Å². The van der Waals surface area contributed by atoms with Gasteiger partial charge in [-0.05, 0) is 146 Å². The Hall–Kier alpha value is -11.8. The highest BCUT2D eigenvalue weighted by atomic mass is 127. The largest absolute Gasteiger partial charge is 0.478 e. The number of carbonyl (C=O) groups excluding carboxylic acids is 5. The molecule has 116 heavy (non-hydrogen) atoms. The fourth-order valence-corrected chi connectivity index (χ4v) is 8.12. The van der Waals surface area contributed by atoms with Crippen LogP contribution in [0.5, 0.6) is 0 Å². The Morgan fingerprint density at radius 3 is 1.21 bits per heavy atom. The van der Waals surface area contributed by atoms with Gasteiger partial charge in [0, 0.05) is 75.4 Å². The topological polar surface area (TPSA) is 456 Å². The molecule has 0 fully saturated rings. The van der Waals surface area contributed by atoms with Gasteiger partial charge in [0.05, 0.1) is 11.1 Å². The van der Waals surface area contributed by atoms with Gasteiger partial charge in [0.1, 0.15) is 81.4 Å². The summed E-state index contributed by atoms with van der Waals surface area (Å²) in [6.45, 7) is 3.25. The van der Waals surface area contributed by atoms with Crippen LogP contribution < -0.4 is 23.0 Å². The minimum atomic E-state index is -1.22. The summed E-state index contributed by atoms with van der Waals surface area (Å²) in [4.78, 5) is 91.5. The number of cyclic esters (lactones) is 2. The number of benzene rings is 7. The number of carboxylic acid groups (broad SMARTS) is 2. The number of ketones is 1. The van der Waals surface area contributed by atoms with E-state index >= 15 is 0 Å². The van der Waals surface area contributed by atoms with Gasteiger partial charge in [-0.25, -0.2) is 69.7 Å². The molecule has 10 aromatic rings. The zero-order valence-corrected chi connectivity index (χ0v) is 69.4. The second kappa shape index (κ2) is 57.3. The first-order valence-electron chi connectivity index (χ1n) is 31.6. The van der Waals surface area contributed by atoms with Gasteiger partial charge in [0.2, 0.25) is 5.24 Å². The molecule has 11 rings (SSSR count). The van der Waals surface area contributed by atoms with Crippen molar-refractivity contribution in [2.24, 2.45) is 33.1 Å². The number of carboxylic acids is 2. The van der Waals surface area contributed by atoms with E-state index in [2.05, 4.69) is 95.2 Å². The summed E-state index contributed by atoms with van der Waals surface area (Å²) in [6.07, 6.45) is 12.9. The van der Waals surface area contributed by atoms with Crippen molar-refractivity contribution in [3.63, 3.8) is 0 Å². The molecule has 7 aromatic carbocycles. The number of amidine groups is 2. The Morgan fingerprint density at radius 1 is 0.552 bits per heavy atom. The monoisotopic (exact) mass is 2000 g/mol. The van der Waals surface area contributed by atoms with Crippen LogP contribution in [0.3, 0.4) is 0 Å². The van der Waals surface area contributed by atoms with Crippen molar-refractivity contribution in [2.45, 2.75) is 27.4 Å². The molecule has 27 nitrogen and oxygen atoms in total. The van der Waals surface area contributed by atoms with Crippen LogP contribution in [0.4, 0.5) is 30.7 Å². The van der Waals surface area contributed by atoms with Crippen molar-refractivity contribution in [1.29, 1.82) is 5.41 Å². The number of carbonyl (C=O) groups is 7. The number of thiocarbonyl (C=S) groups is 1. The third-order valence-electron chi connectivity index (χ3n) is 12.4. The third-order valence-corrected chi connectivity index (χ3v) is 13.4. The molecule has 0 atom stereocenters. The standard InChI is InChI=1S/C14H14FN3O2.C12H11FN2O3.C11H7ClFN3O.C11H8FN3O2.C8H8FNS.C7H8FN3.C7H6FNS.C4H2O3.CH3I.CH4.2HI/c1-9(2)20-13(19)7-6-12-16-14(18-17-12)10-4-3-5-11(15)8-10;13-9-3-1-2-8(6-9)12(14)15-7-10(16)4-5-11(17)18;12-9(17)4-5-10-14-11(16-15-10)7-2-1-3-8(13)6-7;12-8-3-1-2-7(6-8)11-13-9(14-15-11)4-5-10(16)17;1-11-8(10)6-3-2-4-7(9)5-6;8-6-3-1-2-5(4-6)7(9)11-10;8-6-3-1-2-5(4-6)7(9)10;5-3-1-2-4(6)7-3;1-2;;;/h3-9H,1-2H3,(H,16,17,18);1-6H,7H2,(H2,14,15)(H,17,18);1-6H,(H,14,15,16);1-6H,(H,16,17)(H,13,14,15);2-5,10H,1H3;1-4H,10H2,(H2,9,11);1-4H,(H2,9,10);1-2H;1H3;1H4;2*1H/b7-6-;3*5-4-;;;;;;;;. The smallest absolute Gasteiger partial charge is 0.338 e. The zero-order valence-electron chi connectivity index (χ0n) is 60.2. The number of aliphatic carboxylic acids is 2. The van der Waals surface area contributed by atoms with Crippen LogP contribution in [0.25, 0.3) is 52.4 Å². The number of esters is 3. The summed E-state index contributed by atoms with van der Waals surface area (Å²) in [7, 11) is 0. The lowest BCUT2D eigenvalue weighted by Crippen LogP contribution is -2.15. The molecule has 3 aromatic heterocycles. The number of H-pyrrole nitrogens is 3. The van der Waals surface area contributed by atoms with Gasteiger partial charge in [-0.2, -0.15) is 20.4 Å². The van der Waals surface area contributed by atoms with Gasteiger partial charge >= 0.3 is 29.8 Å². The molecule has 1 aliphatic heterocycles. The SMILES string of the molecule is C.CC(C)OC(=O)/C=C\c1nc(-c2cccc(F)c2)n[nH]1.CI.CSC(=N)c1cccc(F)c1.I.I.NC(=NCC(=O)/C=C\C(=O)O)c1cccc(F)c1.NC(=S)c1cccc(F)c1.NN=C(N)c1cccc(F)c1.O=C(Cl)/C=C\c1nc(-c2cccc(F)c2)n[nH]1.O=C(O)/C=C\c1nc(-c2cccc(F)c2)n[nH]1.O=C1C=CC(=O)O1. The van der Waals surface area contributed by atoms with Crippen LogP contribution in [-0.2, 0) is 43.0 Å². The average molecular weight is 2000 g/mol. The summed E-state index contributed by atoms with van der Waals surface area (Å²) < 4.78 is 98.3. The number of aromatic nitrogens is 9. The lowest BCUT2D eigenvalue weighted by atomic mass is 10.2.